The molecule has 0 aliphatic heterocycles. The van der Waals surface area contributed by atoms with Crippen molar-refractivity contribution >= 4 is 0 Å². The van der Waals surface area contributed by atoms with E-state index < -0.39 is 6.10 Å². The van der Waals surface area contributed by atoms with Gasteiger partial charge in [0.25, 0.3) is 0 Å². The molecule has 0 saturated heterocycles. The molecule has 27 heavy (non-hydrogen) atoms. The van der Waals surface area contributed by atoms with E-state index in [1.165, 1.54) is 0 Å². The number of aliphatic hydroxyl groups is 1. The van der Waals surface area contributed by atoms with Gasteiger partial charge in [0.1, 0.15) is 5.76 Å². The van der Waals surface area contributed by atoms with E-state index in [0.717, 1.165) is 11.3 Å². The number of ether oxygens (including phenoxy) is 3. The highest BCUT2D eigenvalue weighted by molar-refractivity contribution is 5.42. The van der Waals surface area contributed by atoms with Crippen LogP contribution in [0.5, 0.6) is 11.5 Å². The van der Waals surface area contributed by atoms with Gasteiger partial charge in [-0.05, 0) is 35.7 Å². The summed E-state index contributed by atoms with van der Waals surface area (Å²) >= 11 is 0. The van der Waals surface area contributed by atoms with Crippen LogP contribution in [-0.2, 0) is 17.8 Å². The number of benzene rings is 1. The number of hydrogen-bond donors (Lipinski definition) is 1. The second-order valence-electron chi connectivity index (χ2n) is 7.02. The Morgan fingerprint density at radius 3 is 2.44 bits per heavy atom. The number of rotatable bonds is 12. The Labute approximate surface area is 161 Å². The van der Waals surface area contributed by atoms with Crippen LogP contribution in [0.3, 0.4) is 0 Å². The lowest BCUT2D eigenvalue weighted by Gasteiger charge is -2.25. The fourth-order valence-corrected chi connectivity index (χ4v) is 2.84. The van der Waals surface area contributed by atoms with Gasteiger partial charge in [-0.3, -0.25) is 4.90 Å². The Bertz CT molecular complexity index is 657. The summed E-state index contributed by atoms with van der Waals surface area (Å²) in [5, 5.41) is 10.4. The largest absolute Gasteiger partial charge is 0.493 e. The van der Waals surface area contributed by atoms with Gasteiger partial charge in [0.15, 0.2) is 11.5 Å². The maximum Gasteiger partial charge on any atom is 0.161 e. The van der Waals surface area contributed by atoms with E-state index in [0.29, 0.717) is 50.3 Å². The molecule has 6 heteroatoms. The number of furan rings is 1. The van der Waals surface area contributed by atoms with Gasteiger partial charge in [0.2, 0.25) is 0 Å². The van der Waals surface area contributed by atoms with Crippen molar-refractivity contribution in [3.63, 3.8) is 0 Å². The minimum Gasteiger partial charge on any atom is -0.493 e. The van der Waals surface area contributed by atoms with Gasteiger partial charge in [0.05, 0.1) is 39.7 Å². The summed E-state index contributed by atoms with van der Waals surface area (Å²) in [5.41, 5.74) is 1.06. The van der Waals surface area contributed by atoms with Crippen molar-refractivity contribution in [1.29, 1.82) is 0 Å². The van der Waals surface area contributed by atoms with E-state index in [2.05, 4.69) is 18.7 Å². The number of nitrogens with zero attached hydrogens (tertiary/aromatic N) is 1. The predicted molar refractivity (Wildman–Crippen MR) is 104 cm³/mol. The maximum absolute atomic E-state index is 10.4. The highest BCUT2D eigenvalue weighted by atomic mass is 16.5. The zero-order valence-electron chi connectivity index (χ0n) is 16.7. The molecule has 1 aromatic carbocycles. The van der Waals surface area contributed by atoms with Crippen LogP contribution in [0.2, 0.25) is 0 Å². The molecule has 0 amide bonds. The Hall–Kier alpha value is -2.02. The van der Waals surface area contributed by atoms with E-state index in [1.54, 1.807) is 20.5 Å². The van der Waals surface area contributed by atoms with Crippen LogP contribution >= 0.6 is 0 Å². The highest BCUT2D eigenvalue weighted by Gasteiger charge is 2.16. The standard InChI is InChI=1S/C21H31NO5/c1-16(2)14-26-15-18(23)12-22(13-19-6-5-9-27-19)11-17-7-8-20(24-3)21(10-17)25-4/h5-10,16,18,23H,11-15H2,1-4H3. The first-order valence-corrected chi connectivity index (χ1v) is 9.23. The minimum atomic E-state index is -0.571. The molecule has 1 atom stereocenters. The fourth-order valence-electron chi connectivity index (χ4n) is 2.84. The monoisotopic (exact) mass is 377 g/mol. The third kappa shape index (κ3) is 7.25. The van der Waals surface area contributed by atoms with Crippen LogP contribution in [0.1, 0.15) is 25.2 Å². The fraction of sp³-hybridized carbons (Fsp3) is 0.524. The molecular formula is C21H31NO5. The van der Waals surface area contributed by atoms with Crippen LogP contribution in [-0.4, -0.2) is 50.1 Å². The molecule has 1 heterocycles. The van der Waals surface area contributed by atoms with Crippen LogP contribution in [0.4, 0.5) is 0 Å². The Balaban J connectivity index is 2.03. The summed E-state index contributed by atoms with van der Waals surface area (Å²) < 4.78 is 21.7. The topological polar surface area (TPSA) is 64.3 Å². The molecule has 6 nitrogen and oxygen atoms in total. The van der Waals surface area contributed by atoms with Crippen LogP contribution in [0, 0.1) is 5.92 Å². The molecule has 0 radical (unpaired) electrons. The van der Waals surface area contributed by atoms with Crippen molar-refractivity contribution < 1.29 is 23.7 Å². The average molecular weight is 377 g/mol. The molecule has 0 aliphatic rings. The van der Waals surface area contributed by atoms with Gasteiger partial charge in [0, 0.05) is 19.7 Å². The summed E-state index contributed by atoms with van der Waals surface area (Å²) in [6, 6.07) is 9.64. The normalized spacial score (nSPS) is 12.6. The van der Waals surface area contributed by atoms with Gasteiger partial charge in [-0.2, -0.15) is 0 Å². The molecule has 1 N–H and O–H groups in total. The molecule has 0 spiro atoms. The van der Waals surface area contributed by atoms with Gasteiger partial charge in [-0.15, -0.1) is 0 Å². The van der Waals surface area contributed by atoms with E-state index in [4.69, 9.17) is 18.6 Å². The van der Waals surface area contributed by atoms with Crippen molar-refractivity contribution in [3.05, 3.63) is 47.9 Å². The van der Waals surface area contributed by atoms with Crippen molar-refractivity contribution in [1.82, 2.24) is 4.90 Å². The van der Waals surface area contributed by atoms with Gasteiger partial charge in [-0.25, -0.2) is 0 Å². The van der Waals surface area contributed by atoms with E-state index in [9.17, 15) is 5.11 Å². The Kier molecular flexibility index (Phi) is 8.64. The smallest absolute Gasteiger partial charge is 0.161 e. The van der Waals surface area contributed by atoms with Crippen molar-refractivity contribution in [3.8, 4) is 11.5 Å². The van der Waals surface area contributed by atoms with Crippen LogP contribution in [0.25, 0.3) is 0 Å². The molecule has 0 bridgehead atoms. The molecule has 2 aromatic rings. The van der Waals surface area contributed by atoms with Gasteiger partial charge in [-0.1, -0.05) is 19.9 Å². The highest BCUT2D eigenvalue weighted by Crippen LogP contribution is 2.28. The zero-order chi connectivity index (χ0) is 19.6. The first kappa shape index (κ1) is 21.3. The molecule has 2 rings (SSSR count). The van der Waals surface area contributed by atoms with Crippen molar-refractivity contribution in [2.24, 2.45) is 5.92 Å². The van der Waals surface area contributed by atoms with Gasteiger partial charge < -0.3 is 23.7 Å². The summed E-state index contributed by atoms with van der Waals surface area (Å²) in [5.74, 6) is 2.68. The van der Waals surface area contributed by atoms with Crippen molar-refractivity contribution in [2.45, 2.75) is 33.0 Å². The Morgan fingerprint density at radius 2 is 1.81 bits per heavy atom. The summed E-state index contributed by atoms with van der Waals surface area (Å²) in [6.45, 7) is 6.86. The SMILES string of the molecule is COc1ccc(CN(Cc2ccco2)CC(O)COCC(C)C)cc1OC. The lowest BCUT2D eigenvalue weighted by Crippen LogP contribution is -2.34. The van der Waals surface area contributed by atoms with Crippen LogP contribution < -0.4 is 9.47 Å². The first-order valence-electron chi connectivity index (χ1n) is 9.23. The lowest BCUT2D eigenvalue weighted by molar-refractivity contribution is 0.00459. The maximum atomic E-state index is 10.4. The molecule has 0 fully saturated rings. The van der Waals surface area contributed by atoms with Gasteiger partial charge >= 0.3 is 0 Å². The van der Waals surface area contributed by atoms with E-state index >= 15 is 0 Å². The quantitative estimate of drug-likeness (QED) is 0.612. The molecule has 1 unspecified atom stereocenters. The second-order valence-corrected chi connectivity index (χ2v) is 7.02. The van der Waals surface area contributed by atoms with Crippen LogP contribution in [0.15, 0.2) is 41.0 Å². The summed E-state index contributed by atoms with van der Waals surface area (Å²) in [4.78, 5) is 2.13. The number of hydrogen-bond acceptors (Lipinski definition) is 6. The lowest BCUT2D eigenvalue weighted by atomic mass is 10.1. The molecular weight excluding hydrogens is 346 g/mol. The van der Waals surface area contributed by atoms with E-state index in [-0.39, 0.29) is 0 Å². The predicted octanol–water partition coefficient (Wildman–Crippen LogP) is 3.33. The second kappa shape index (κ2) is 11.0. The molecule has 150 valence electrons. The third-order valence-electron chi connectivity index (χ3n) is 4.04. The summed E-state index contributed by atoms with van der Waals surface area (Å²) in [6.07, 6.45) is 1.09. The first-order chi connectivity index (χ1) is 13.0. The average Bonchev–Trinajstić information content (AvgIpc) is 3.14. The minimum absolute atomic E-state index is 0.318. The summed E-state index contributed by atoms with van der Waals surface area (Å²) in [7, 11) is 3.24. The number of methoxy groups -OCH3 is 2. The zero-order valence-corrected chi connectivity index (χ0v) is 16.7. The van der Waals surface area contributed by atoms with Crippen molar-refractivity contribution in [2.75, 3.05) is 34.0 Å². The molecule has 0 aliphatic carbocycles. The Morgan fingerprint density at radius 1 is 1.04 bits per heavy atom. The molecule has 0 saturated carbocycles. The third-order valence-corrected chi connectivity index (χ3v) is 4.04. The number of aliphatic hydroxyl groups excluding tert-OH is 1. The van der Waals surface area contributed by atoms with E-state index in [1.807, 2.05) is 30.3 Å². The molecule has 1 aromatic heterocycles.